The summed E-state index contributed by atoms with van der Waals surface area (Å²) in [5.74, 6) is -0.554. The molecule has 0 aliphatic carbocycles. The lowest BCUT2D eigenvalue weighted by Crippen LogP contribution is -2.28. The van der Waals surface area contributed by atoms with Crippen molar-refractivity contribution in [1.29, 1.82) is 0 Å². The number of amides is 2. The fraction of sp³-hybridized carbons (Fsp3) is 0.316. The van der Waals surface area contributed by atoms with Gasteiger partial charge < -0.3 is 15.1 Å². The molecule has 26 heavy (non-hydrogen) atoms. The van der Waals surface area contributed by atoms with E-state index in [-0.39, 0.29) is 24.2 Å². The Hall–Kier alpha value is -2.60. The van der Waals surface area contributed by atoms with Gasteiger partial charge in [-0.1, -0.05) is 17.7 Å². The van der Waals surface area contributed by atoms with Crippen LogP contribution in [-0.4, -0.2) is 42.3 Å². The maximum atomic E-state index is 12.5. The lowest BCUT2D eigenvalue weighted by atomic mass is 10.1. The minimum absolute atomic E-state index is 0.0185. The highest BCUT2D eigenvalue weighted by atomic mass is 35.5. The Morgan fingerprint density at radius 3 is 2.85 bits per heavy atom. The van der Waals surface area contributed by atoms with E-state index in [4.69, 9.17) is 11.6 Å². The van der Waals surface area contributed by atoms with Crippen molar-refractivity contribution in [2.24, 2.45) is 5.92 Å². The zero-order chi connectivity index (χ0) is 18.7. The van der Waals surface area contributed by atoms with Gasteiger partial charge in [-0.25, -0.2) is 0 Å². The lowest BCUT2D eigenvalue weighted by molar-refractivity contribution is -0.128. The third-order valence-electron chi connectivity index (χ3n) is 4.38. The Balaban J connectivity index is 1.62. The molecule has 0 bridgehead atoms. The number of carbonyl (C=O) groups excluding carboxylic acids is 2. The van der Waals surface area contributed by atoms with E-state index in [1.54, 1.807) is 23.4 Å². The Morgan fingerprint density at radius 1 is 1.38 bits per heavy atom. The summed E-state index contributed by atoms with van der Waals surface area (Å²) in [5.41, 5.74) is 2.46. The fourth-order valence-electron chi connectivity index (χ4n) is 3.00. The standard InChI is InChI=1S/C19H21ClN4O2/c1-23(2)17-6-5-15(9-16(17)20)22-19(26)14-8-18(25)24(12-14)11-13-4-3-7-21-10-13/h3-7,9-10,14H,8,11-12H2,1-2H3,(H,22,26). The molecule has 6 nitrogen and oxygen atoms in total. The molecule has 2 aromatic rings. The van der Waals surface area contributed by atoms with Crippen molar-refractivity contribution < 1.29 is 9.59 Å². The number of pyridine rings is 1. The molecule has 1 N–H and O–H groups in total. The van der Waals surface area contributed by atoms with Crippen molar-refractivity contribution in [3.8, 4) is 0 Å². The van der Waals surface area contributed by atoms with Gasteiger partial charge in [0.1, 0.15) is 0 Å². The molecule has 2 amide bonds. The summed E-state index contributed by atoms with van der Waals surface area (Å²) in [6.07, 6.45) is 3.64. The maximum Gasteiger partial charge on any atom is 0.229 e. The molecule has 1 unspecified atom stereocenters. The molecule has 1 aliphatic rings. The van der Waals surface area contributed by atoms with Crippen molar-refractivity contribution in [3.05, 3.63) is 53.3 Å². The molecule has 2 heterocycles. The van der Waals surface area contributed by atoms with Crippen molar-refractivity contribution in [2.45, 2.75) is 13.0 Å². The summed E-state index contributed by atoms with van der Waals surface area (Å²) in [7, 11) is 3.81. The first kappa shape index (κ1) is 18.2. The molecular formula is C19H21ClN4O2. The van der Waals surface area contributed by atoms with E-state index < -0.39 is 0 Å². The van der Waals surface area contributed by atoms with Gasteiger partial charge in [0.15, 0.2) is 0 Å². The van der Waals surface area contributed by atoms with Crippen molar-refractivity contribution in [3.63, 3.8) is 0 Å². The first-order chi connectivity index (χ1) is 12.4. The number of rotatable bonds is 5. The molecule has 3 rings (SSSR count). The van der Waals surface area contributed by atoms with E-state index in [1.165, 1.54) is 0 Å². The van der Waals surface area contributed by atoms with Crippen molar-refractivity contribution >= 4 is 34.8 Å². The first-order valence-corrected chi connectivity index (χ1v) is 8.76. The van der Waals surface area contributed by atoms with Crippen LogP contribution < -0.4 is 10.2 Å². The predicted octanol–water partition coefficient (Wildman–Crippen LogP) is 2.79. The maximum absolute atomic E-state index is 12.5. The summed E-state index contributed by atoms with van der Waals surface area (Å²) in [5, 5.41) is 3.43. The van der Waals surface area contributed by atoms with Gasteiger partial charge in [-0.15, -0.1) is 0 Å². The Labute approximate surface area is 157 Å². The van der Waals surface area contributed by atoms with E-state index in [0.29, 0.717) is 23.8 Å². The van der Waals surface area contributed by atoms with Crippen LogP contribution in [-0.2, 0) is 16.1 Å². The molecule has 1 atom stereocenters. The number of halogens is 1. The van der Waals surface area contributed by atoms with Gasteiger partial charge in [-0.2, -0.15) is 0 Å². The van der Waals surface area contributed by atoms with E-state index >= 15 is 0 Å². The quantitative estimate of drug-likeness (QED) is 0.876. The molecular weight excluding hydrogens is 352 g/mol. The highest BCUT2D eigenvalue weighted by Gasteiger charge is 2.34. The molecule has 7 heteroatoms. The molecule has 0 radical (unpaired) electrons. The second-order valence-electron chi connectivity index (χ2n) is 6.59. The van der Waals surface area contributed by atoms with Gasteiger partial charge in [-0.05, 0) is 29.8 Å². The summed E-state index contributed by atoms with van der Waals surface area (Å²) in [6.45, 7) is 0.878. The zero-order valence-corrected chi connectivity index (χ0v) is 15.5. The van der Waals surface area contributed by atoms with Crippen LogP contribution >= 0.6 is 11.6 Å². The van der Waals surface area contributed by atoms with Crippen LogP contribution in [0.3, 0.4) is 0 Å². The van der Waals surface area contributed by atoms with Crippen LogP contribution in [0.15, 0.2) is 42.7 Å². The zero-order valence-electron chi connectivity index (χ0n) is 14.8. The van der Waals surface area contributed by atoms with Gasteiger partial charge in [0, 0.05) is 51.7 Å². The molecule has 1 saturated heterocycles. The Kier molecular flexibility index (Phi) is 5.42. The predicted molar refractivity (Wildman–Crippen MR) is 102 cm³/mol. The molecule has 1 aliphatic heterocycles. The van der Waals surface area contributed by atoms with E-state index in [9.17, 15) is 9.59 Å². The van der Waals surface area contributed by atoms with Crippen LogP contribution in [0, 0.1) is 5.92 Å². The van der Waals surface area contributed by atoms with Crippen molar-refractivity contribution in [2.75, 3.05) is 30.9 Å². The molecule has 1 aromatic heterocycles. The van der Waals surface area contributed by atoms with E-state index in [0.717, 1.165) is 11.3 Å². The molecule has 1 aromatic carbocycles. The summed E-state index contributed by atoms with van der Waals surface area (Å²) < 4.78 is 0. The number of hydrogen-bond acceptors (Lipinski definition) is 4. The van der Waals surface area contributed by atoms with Gasteiger partial charge in [-0.3, -0.25) is 14.6 Å². The normalized spacial score (nSPS) is 16.7. The third kappa shape index (κ3) is 4.14. The molecule has 0 spiro atoms. The summed E-state index contributed by atoms with van der Waals surface area (Å²) in [4.78, 5) is 32.4. The number of anilines is 2. The number of benzene rings is 1. The first-order valence-electron chi connectivity index (χ1n) is 8.38. The largest absolute Gasteiger partial charge is 0.376 e. The van der Waals surface area contributed by atoms with Crippen LogP contribution in [0.5, 0.6) is 0 Å². The summed E-state index contributed by atoms with van der Waals surface area (Å²) >= 11 is 6.24. The molecule has 0 saturated carbocycles. The van der Waals surface area contributed by atoms with Crippen molar-refractivity contribution in [1.82, 2.24) is 9.88 Å². The number of aromatic nitrogens is 1. The second kappa shape index (κ2) is 7.74. The van der Waals surface area contributed by atoms with Crippen LogP contribution in [0.2, 0.25) is 5.02 Å². The van der Waals surface area contributed by atoms with Crippen LogP contribution in [0.4, 0.5) is 11.4 Å². The smallest absolute Gasteiger partial charge is 0.229 e. The molecule has 1 fully saturated rings. The van der Waals surface area contributed by atoms with Gasteiger partial charge in [0.05, 0.1) is 16.6 Å². The summed E-state index contributed by atoms with van der Waals surface area (Å²) in [6, 6.07) is 9.14. The second-order valence-corrected chi connectivity index (χ2v) is 6.99. The molecule has 136 valence electrons. The Morgan fingerprint density at radius 2 is 2.19 bits per heavy atom. The number of hydrogen-bond donors (Lipinski definition) is 1. The minimum atomic E-state index is -0.369. The topological polar surface area (TPSA) is 65.5 Å². The number of likely N-dealkylation sites (tertiary alicyclic amines) is 1. The van der Waals surface area contributed by atoms with Crippen LogP contribution in [0.1, 0.15) is 12.0 Å². The number of carbonyl (C=O) groups is 2. The van der Waals surface area contributed by atoms with E-state index in [1.807, 2.05) is 43.3 Å². The van der Waals surface area contributed by atoms with E-state index in [2.05, 4.69) is 10.3 Å². The third-order valence-corrected chi connectivity index (χ3v) is 4.68. The number of nitrogens with zero attached hydrogens (tertiary/aromatic N) is 3. The van der Waals surface area contributed by atoms with Gasteiger partial charge in [0.2, 0.25) is 11.8 Å². The lowest BCUT2D eigenvalue weighted by Gasteiger charge is -2.17. The van der Waals surface area contributed by atoms with Crippen LogP contribution in [0.25, 0.3) is 0 Å². The highest BCUT2D eigenvalue weighted by Crippen LogP contribution is 2.28. The average Bonchev–Trinajstić information content (AvgIpc) is 2.96. The minimum Gasteiger partial charge on any atom is -0.376 e. The highest BCUT2D eigenvalue weighted by molar-refractivity contribution is 6.33. The van der Waals surface area contributed by atoms with Gasteiger partial charge >= 0.3 is 0 Å². The Bertz CT molecular complexity index is 810. The number of nitrogens with one attached hydrogen (secondary N) is 1. The van der Waals surface area contributed by atoms with Gasteiger partial charge in [0.25, 0.3) is 0 Å². The average molecular weight is 373 g/mol. The monoisotopic (exact) mass is 372 g/mol. The fourth-order valence-corrected chi connectivity index (χ4v) is 3.35. The SMILES string of the molecule is CN(C)c1ccc(NC(=O)C2CC(=O)N(Cc3cccnc3)C2)cc1Cl.